The number of aryl methyl sites for hydroxylation is 1. The monoisotopic (exact) mass is 433 g/mol. The third-order valence-corrected chi connectivity index (χ3v) is 5.64. The van der Waals surface area contributed by atoms with Gasteiger partial charge in [-0.3, -0.25) is 14.2 Å². The molecule has 0 unspecified atom stereocenters. The number of nitrogens with zero attached hydrogens (tertiary/aromatic N) is 4. The lowest BCUT2D eigenvalue weighted by atomic mass is 10.2. The summed E-state index contributed by atoms with van der Waals surface area (Å²) in [6.45, 7) is 4.03. The Bertz CT molecular complexity index is 1090. The SMILES string of the molecule is Cc1nn(Cc2ccccc2Cl)c(C)c1NC(=O)Cn1nc(C(F)F)cc1C1CC1. The summed E-state index contributed by atoms with van der Waals surface area (Å²) in [6.07, 6.45) is -0.786. The molecule has 0 spiro atoms. The van der Waals surface area contributed by atoms with Crippen LogP contribution in [0.2, 0.25) is 5.02 Å². The smallest absolute Gasteiger partial charge is 0.282 e. The van der Waals surface area contributed by atoms with Gasteiger partial charge in [0, 0.05) is 16.6 Å². The van der Waals surface area contributed by atoms with Gasteiger partial charge in [0.05, 0.1) is 23.6 Å². The maximum atomic E-state index is 13.0. The Kier molecular flexibility index (Phi) is 5.60. The fourth-order valence-corrected chi connectivity index (χ4v) is 3.72. The molecule has 2 heterocycles. The summed E-state index contributed by atoms with van der Waals surface area (Å²) in [4.78, 5) is 12.7. The number of alkyl halides is 2. The normalized spacial score (nSPS) is 13.8. The first-order chi connectivity index (χ1) is 14.3. The lowest BCUT2D eigenvalue weighted by Crippen LogP contribution is -2.21. The van der Waals surface area contributed by atoms with E-state index in [4.69, 9.17) is 11.6 Å². The molecule has 1 fully saturated rings. The molecule has 0 bridgehead atoms. The largest absolute Gasteiger partial charge is 0.321 e. The number of halogens is 3. The van der Waals surface area contributed by atoms with Gasteiger partial charge in [-0.05, 0) is 44.4 Å². The molecule has 30 heavy (non-hydrogen) atoms. The quantitative estimate of drug-likeness (QED) is 0.579. The van der Waals surface area contributed by atoms with Crippen molar-refractivity contribution in [1.29, 1.82) is 0 Å². The zero-order valence-corrected chi connectivity index (χ0v) is 17.5. The molecule has 0 aliphatic heterocycles. The number of amides is 1. The number of rotatable bonds is 7. The average molecular weight is 434 g/mol. The van der Waals surface area contributed by atoms with E-state index >= 15 is 0 Å². The first-order valence-electron chi connectivity index (χ1n) is 9.76. The van der Waals surface area contributed by atoms with Gasteiger partial charge in [0.2, 0.25) is 5.91 Å². The van der Waals surface area contributed by atoms with E-state index in [0.29, 0.717) is 28.6 Å². The highest BCUT2D eigenvalue weighted by Crippen LogP contribution is 2.41. The second-order valence-electron chi connectivity index (χ2n) is 7.57. The minimum atomic E-state index is -2.65. The van der Waals surface area contributed by atoms with Gasteiger partial charge in [-0.15, -0.1) is 0 Å². The van der Waals surface area contributed by atoms with E-state index in [-0.39, 0.29) is 24.1 Å². The first kappa shape index (κ1) is 20.5. The second-order valence-corrected chi connectivity index (χ2v) is 7.98. The van der Waals surface area contributed by atoms with Gasteiger partial charge in [0.25, 0.3) is 6.43 Å². The number of anilines is 1. The summed E-state index contributed by atoms with van der Waals surface area (Å²) in [5.74, 6) is -0.121. The molecular weight excluding hydrogens is 412 g/mol. The number of nitrogens with one attached hydrogen (secondary N) is 1. The molecule has 3 aromatic rings. The number of hydrogen-bond acceptors (Lipinski definition) is 3. The lowest BCUT2D eigenvalue weighted by molar-refractivity contribution is -0.117. The van der Waals surface area contributed by atoms with E-state index in [2.05, 4.69) is 15.5 Å². The topological polar surface area (TPSA) is 64.7 Å². The fourth-order valence-electron chi connectivity index (χ4n) is 3.53. The van der Waals surface area contributed by atoms with Crippen LogP contribution in [0, 0.1) is 13.8 Å². The van der Waals surface area contributed by atoms with Crippen molar-refractivity contribution in [2.75, 3.05) is 5.32 Å². The molecule has 0 atom stereocenters. The van der Waals surface area contributed by atoms with Gasteiger partial charge >= 0.3 is 0 Å². The van der Waals surface area contributed by atoms with Crippen molar-refractivity contribution in [3.05, 3.63) is 63.7 Å². The van der Waals surface area contributed by atoms with Crippen molar-refractivity contribution >= 4 is 23.2 Å². The number of benzene rings is 1. The summed E-state index contributed by atoms with van der Waals surface area (Å²) >= 11 is 6.24. The van der Waals surface area contributed by atoms with E-state index in [1.54, 1.807) is 4.68 Å². The Balaban J connectivity index is 1.50. The van der Waals surface area contributed by atoms with Crippen LogP contribution in [-0.2, 0) is 17.9 Å². The highest BCUT2D eigenvalue weighted by Gasteiger charge is 2.30. The van der Waals surface area contributed by atoms with Crippen molar-refractivity contribution in [2.24, 2.45) is 0 Å². The molecule has 1 amide bonds. The predicted molar refractivity (Wildman–Crippen MR) is 110 cm³/mol. The predicted octanol–water partition coefficient (Wildman–Crippen LogP) is 4.85. The summed E-state index contributed by atoms with van der Waals surface area (Å²) in [5, 5.41) is 12.0. The molecule has 1 N–H and O–H groups in total. The minimum absolute atomic E-state index is 0.118. The maximum absolute atomic E-state index is 13.0. The second kappa shape index (κ2) is 8.18. The van der Waals surface area contributed by atoms with E-state index in [1.807, 2.05) is 38.1 Å². The molecule has 2 aromatic heterocycles. The minimum Gasteiger partial charge on any atom is -0.321 e. The van der Waals surface area contributed by atoms with Gasteiger partial charge in [-0.1, -0.05) is 29.8 Å². The fraction of sp³-hybridized carbons (Fsp3) is 0.381. The number of aromatic nitrogens is 4. The van der Waals surface area contributed by atoms with E-state index < -0.39 is 6.43 Å². The molecule has 0 saturated heterocycles. The van der Waals surface area contributed by atoms with E-state index in [1.165, 1.54) is 10.7 Å². The standard InChI is InChI=1S/C21H22ClF2N5O/c1-12-20(13(2)28(26-12)10-15-5-3-4-6-16(15)22)25-19(30)11-29-18(14-7-8-14)9-17(27-29)21(23)24/h3-6,9,14,21H,7-8,10-11H2,1-2H3,(H,25,30). The van der Waals surface area contributed by atoms with Crippen LogP contribution in [-0.4, -0.2) is 25.5 Å². The van der Waals surface area contributed by atoms with Crippen LogP contribution in [0.5, 0.6) is 0 Å². The van der Waals surface area contributed by atoms with Crippen LogP contribution < -0.4 is 5.32 Å². The van der Waals surface area contributed by atoms with E-state index in [9.17, 15) is 13.6 Å². The maximum Gasteiger partial charge on any atom is 0.282 e. The number of carbonyl (C=O) groups excluding carboxylic acids is 1. The zero-order valence-electron chi connectivity index (χ0n) is 16.7. The highest BCUT2D eigenvalue weighted by atomic mass is 35.5. The molecule has 1 aliphatic carbocycles. The van der Waals surface area contributed by atoms with Gasteiger partial charge < -0.3 is 5.32 Å². The van der Waals surface area contributed by atoms with Crippen LogP contribution >= 0.6 is 11.6 Å². The van der Waals surface area contributed by atoms with Crippen molar-refractivity contribution in [3.63, 3.8) is 0 Å². The third-order valence-electron chi connectivity index (χ3n) is 5.27. The Labute approximate surface area is 177 Å². The van der Waals surface area contributed by atoms with Crippen molar-refractivity contribution in [1.82, 2.24) is 19.6 Å². The highest BCUT2D eigenvalue weighted by molar-refractivity contribution is 6.31. The number of hydrogen-bond donors (Lipinski definition) is 1. The first-order valence-corrected chi connectivity index (χ1v) is 10.1. The summed E-state index contributed by atoms with van der Waals surface area (Å²) < 4.78 is 29.3. The molecule has 9 heteroatoms. The lowest BCUT2D eigenvalue weighted by Gasteiger charge is -2.10. The summed E-state index contributed by atoms with van der Waals surface area (Å²) in [5.41, 5.74) is 3.41. The molecular formula is C21H22ClF2N5O. The molecule has 4 rings (SSSR count). The Morgan fingerprint density at radius 1 is 1.23 bits per heavy atom. The molecule has 1 saturated carbocycles. The van der Waals surface area contributed by atoms with Crippen molar-refractivity contribution in [2.45, 2.75) is 52.1 Å². The Hall–Kier alpha value is -2.74. The van der Waals surface area contributed by atoms with Crippen LogP contribution in [0.4, 0.5) is 14.5 Å². The third kappa shape index (κ3) is 4.23. The van der Waals surface area contributed by atoms with Crippen molar-refractivity contribution < 1.29 is 13.6 Å². The summed E-state index contributed by atoms with van der Waals surface area (Å²) in [7, 11) is 0. The van der Waals surface area contributed by atoms with Crippen LogP contribution in [0.15, 0.2) is 30.3 Å². The van der Waals surface area contributed by atoms with Crippen LogP contribution in [0.3, 0.4) is 0 Å². The summed E-state index contributed by atoms with van der Waals surface area (Å²) in [6, 6.07) is 8.93. The van der Waals surface area contributed by atoms with Crippen LogP contribution in [0.25, 0.3) is 0 Å². The molecule has 0 radical (unpaired) electrons. The Morgan fingerprint density at radius 2 is 1.97 bits per heavy atom. The van der Waals surface area contributed by atoms with Gasteiger partial charge in [0.1, 0.15) is 12.2 Å². The molecule has 1 aliphatic rings. The molecule has 6 nitrogen and oxygen atoms in total. The molecule has 1 aromatic carbocycles. The van der Waals surface area contributed by atoms with E-state index in [0.717, 1.165) is 24.1 Å². The Morgan fingerprint density at radius 3 is 2.63 bits per heavy atom. The van der Waals surface area contributed by atoms with Gasteiger partial charge in [0.15, 0.2) is 0 Å². The molecule has 158 valence electrons. The van der Waals surface area contributed by atoms with Gasteiger partial charge in [-0.2, -0.15) is 10.2 Å². The average Bonchev–Trinajstić information content (AvgIpc) is 3.40. The zero-order chi connectivity index (χ0) is 21.4. The van der Waals surface area contributed by atoms with Gasteiger partial charge in [-0.25, -0.2) is 8.78 Å². The number of carbonyl (C=O) groups is 1. The van der Waals surface area contributed by atoms with Crippen LogP contribution in [0.1, 0.15) is 53.5 Å². The van der Waals surface area contributed by atoms with Crippen molar-refractivity contribution in [3.8, 4) is 0 Å².